The second-order valence-corrected chi connectivity index (χ2v) is 4.41. The highest BCUT2D eigenvalue weighted by molar-refractivity contribution is 5.88. The maximum atomic E-state index is 11.9. The zero-order valence-electron chi connectivity index (χ0n) is 10.6. The molecule has 0 aromatic carbocycles. The summed E-state index contributed by atoms with van der Waals surface area (Å²) in [5.41, 5.74) is 5.20. The van der Waals surface area contributed by atoms with Gasteiger partial charge in [-0.05, 0) is 19.4 Å². The van der Waals surface area contributed by atoms with E-state index >= 15 is 0 Å². The number of hydrogen-bond acceptors (Lipinski definition) is 3. The van der Waals surface area contributed by atoms with E-state index in [4.69, 9.17) is 5.73 Å². The van der Waals surface area contributed by atoms with Crippen LogP contribution in [-0.4, -0.2) is 43.4 Å². The maximum Gasteiger partial charge on any atom is 0.315 e. The predicted octanol–water partition coefficient (Wildman–Crippen LogP) is 0.590. The number of hydrogen-bond donors (Lipinski definition) is 2. The molecule has 94 valence electrons. The normalized spacial score (nSPS) is 12.6. The van der Waals surface area contributed by atoms with Gasteiger partial charge in [0, 0.05) is 20.0 Å². The molecule has 0 bridgehead atoms. The van der Waals surface area contributed by atoms with Gasteiger partial charge in [0.05, 0.1) is 6.04 Å². The second-order valence-electron chi connectivity index (χ2n) is 4.41. The summed E-state index contributed by atoms with van der Waals surface area (Å²) in [4.78, 5) is 24.3. The van der Waals surface area contributed by atoms with Crippen molar-refractivity contribution in [2.24, 2.45) is 11.7 Å². The van der Waals surface area contributed by atoms with Gasteiger partial charge >= 0.3 is 6.03 Å². The van der Waals surface area contributed by atoms with Crippen molar-refractivity contribution in [3.05, 3.63) is 0 Å². The number of likely N-dealkylation sites (N-methyl/N-ethyl adjacent to an activating group) is 1. The number of carbonyl (C=O) groups excluding carboxylic acids is 2. The highest BCUT2D eigenvalue weighted by Gasteiger charge is 2.25. The van der Waals surface area contributed by atoms with E-state index in [1.807, 2.05) is 13.8 Å². The van der Waals surface area contributed by atoms with Crippen LogP contribution in [0.15, 0.2) is 0 Å². The van der Waals surface area contributed by atoms with Gasteiger partial charge in [-0.2, -0.15) is 0 Å². The highest BCUT2D eigenvalue weighted by atomic mass is 16.2. The van der Waals surface area contributed by atoms with Gasteiger partial charge in [0.2, 0.25) is 0 Å². The topological polar surface area (TPSA) is 75.4 Å². The van der Waals surface area contributed by atoms with Crippen LogP contribution in [-0.2, 0) is 4.79 Å². The van der Waals surface area contributed by atoms with Crippen molar-refractivity contribution in [2.45, 2.75) is 32.7 Å². The van der Waals surface area contributed by atoms with Crippen LogP contribution in [0.4, 0.5) is 4.79 Å². The number of rotatable bonds is 7. The Hall–Kier alpha value is -1.10. The highest BCUT2D eigenvalue weighted by Crippen LogP contribution is 2.12. The fourth-order valence-electron chi connectivity index (χ4n) is 1.52. The number of amides is 2. The third-order valence-corrected chi connectivity index (χ3v) is 2.50. The molecule has 0 saturated carbocycles. The summed E-state index contributed by atoms with van der Waals surface area (Å²) in [5, 5.41) is 2.92. The maximum absolute atomic E-state index is 11.9. The first-order valence-corrected chi connectivity index (χ1v) is 5.59. The van der Waals surface area contributed by atoms with E-state index in [1.165, 1.54) is 4.90 Å². The Kier molecular flexibility index (Phi) is 6.72. The van der Waals surface area contributed by atoms with E-state index < -0.39 is 12.1 Å². The van der Waals surface area contributed by atoms with Crippen molar-refractivity contribution in [1.29, 1.82) is 0 Å². The van der Waals surface area contributed by atoms with Crippen LogP contribution >= 0.6 is 0 Å². The van der Waals surface area contributed by atoms with Crippen LogP contribution in [0, 0.1) is 5.92 Å². The first kappa shape index (κ1) is 14.9. The Morgan fingerprint density at radius 2 is 1.94 bits per heavy atom. The van der Waals surface area contributed by atoms with Crippen LogP contribution in [0.2, 0.25) is 0 Å². The third kappa shape index (κ3) is 5.11. The summed E-state index contributed by atoms with van der Waals surface area (Å²) < 4.78 is 0. The predicted molar refractivity (Wildman–Crippen MR) is 64.1 cm³/mol. The molecule has 0 rings (SSSR count). The number of nitrogens with two attached hydrogens (primary N) is 1. The minimum absolute atomic E-state index is 0.0596. The molecular formula is C11H23N3O2. The summed E-state index contributed by atoms with van der Waals surface area (Å²) in [6, 6.07) is -0.950. The molecule has 0 saturated heterocycles. The first-order valence-electron chi connectivity index (χ1n) is 5.59. The molecule has 0 spiro atoms. The van der Waals surface area contributed by atoms with Crippen LogP contribution in [0.25, 0.3) is 0 Å². The monoisotopic (exact) mass is 229 g/mol. The molecule has 5 nitrogen and oxygen atoms in total. The van der Waals surface area contributed by atoms with Crippen molar-refractivity contribution < 1.29 is 9.59 Å². The number of Topliss-reactive ketones (excluding diaryl/α,β-unsaturated/α-hetero) is 1. The van der Waals surface area contributed by atoms with E-state index in [2.05, 4.69) is 5.32 Å². The van der Waals surface area contributed by atoms with E-state index in [0.717, 1.165) is 0 Å². The summed E-state index contributed by atoms with van der Waals surface area (Å²) in [5.74, 6) is 0.412. The third-order valence-electron chi connectivity index (χ3n) is 2.50. The molecule has 0 radical (unpaired) electrons. The van der Waals surface area contributed by atoms with Gasteiger partial charge < -0.3 is 16.0 Å². The number of ketones is 1. The number of nitrogens with one attached hydrogen (secondary N) is 1. The SMILES string of the molecule is CNCCC(=O)C(CC(C)C)N(C)C(N)=O. The van der Waals surface area contributed by atoms with Gasteiger partial charge in [0.15, 0.2) is 5.78 Å². The fraction of sp³-hybridized carbons (Fsp3) is 0.818. The van der Waals surface area contributed by atoms with Gasteiger partial charge in [-0.3, -0.25) is 4.79 Å². The molecule has 16 heavy (non-hydrogen) atoms. The standard InChI is InChI=1S/C11H23N3O2/c1-8(2)7-9(14(4)11(12)16)10(15)5-6-13-3/h8-9,13H,5-7H2,1-4H3,(H2,12,16). The Labute approximate surface area is 97.4 Å². The lowest BCUT2D eigenvalue weighted by Gasteiger charge is -2.26. The molecule has 2 amide bonds. The summed E-state index contributed by atoms with van der Waals surface area (Å²) in [7, 11) is 3.37. The van der Waals surface area contributed by atoms with Gasteiger partial charge in [-0.1, -0.05) is 13.8 Å². The number of carbonyl (C=O) groups is 2. The van der Waals surface area contributed by atoms with E-state index in [0.29, 0.717) is 25.3 Å². The summed E-state index contributed by atoms with van der Waals surface area (Å²) >= 11 is 0. The zero-order valence-corrected chi connectivity index (χ0v) is 10.6. The fourth-order valence-corrected chi connectivity index (χ4v) is 1.52. The van der Waals surface area contributed by atoms with Crippen molar-refractivity contribution in [1.82, 2.24) is 10.2 Å². The van der Waals surface area contributed by atoms with Gasteiger partial charge in [0.1, 0.15) is 0 Å². The average molecular weight is 229 g/mol. The van der Waals surface area contributed by atoms with Gasteiger partial charge in [-0.15, -0.1) is 0 Å². The minimum Gasteiger partial charge on any atom is -0.351 e. The number of urea groups is 1. The molecule has 0 aliphatic carbocycles. The molecule has 3 N–H and O–H groups in total. The minimum atomic E-state index is -0.552. The quantitative estimate of drug-likeness (QED) is 0.671. The lowest BCUT2D eigenvalue weighted by atomic mass is 9.97. The molecule has 0 aromatic rings. The van der Waals surface area contributed by atoms with Crippen molar-refractivity contribution in [2.75, 3.05) is 20.6 Å². The number of nitrogens with zero attached hydrogens (tertiary/aromatic N) is 1. The van der Waals surface area contributed by atoms with Crippen LogP contribution in [0.5, 0.6) is 0 Å². The van der Waals surface area contributed by atoms with E-state index in [-0.39, 0.29) is 5.78 Å². The molecule has 0 aliphatic heterocycles. The lowest BCUT2D eigenvalue weighted by molar-refractivity contribution is -0.123. The lowest BCUT2D eigenvalue weighted by Crippen LogP contribution is -2.46. The average Bonchev–Trinajstić information content (AvgIpc) is 2.21. The smallest absolute Gasteiger partial charge is 0.315 e. The summed E-state index contributed by atoms with van der Waals surface area (Å²) in [6.45, 7) is 4.67. The largest absolute Gasteiger partial charge is 0.351 e. The van der Waals surface area contributed by atoms with E-state index in [9.17, 15) is 9.59 Å². The zero-order chi connectivity index (χ0) is 12.7. The van der Waals surface area contributed by atoms with Crippen LogP contribution < -0.4 is 11.1 Å². The molecule has 5 heteroatoms. The first-order chi connectivity index (χ1) is 7.40. The second kappa shape index (κ2) is 7.22. The van der Waals surface area contributed by atoms with Crippen molar-refractivity contribution in [3.8, 4) is 0 Å². The molecule has 0 aliphatic rings. The number of primary amides is 1. The molecule has 0 aromatic heterocycles. The van der Waals surface area contributed by atoms with Gasteiger partial charge in [-0.25, -0.2) is 4.79 Å². The Balaban J connectivity index is 4.52. The molecule has 1 unspecified atom stereocenters. The van der Waals surface area contributed by atoms with Crippen molar-refractivity contribution >= 4 is 11.8 Å². The van der Waals surface area contributed by atoms with Crippen LogP contribution in [0.1, 0.15) is 26.7 Å². The molecule has 0 heterocycles. The Morgan fingerprint density at radius 1 is 1.38 bits per heavy atom. The Morgan fingerprint density at radius 3 is 2.31 bits per heavy atom. The Bertz CT molecular complexity index is 241. The molecule has 0 fully saturated rings. The molecule has 1 atom stereocenters. The van der Waals surface area contributed by atoms with Crippen molar-refractivity contribution in [3.63, 3.8) is 0 Å². The molecular weight excluding hydrogens is 206 g/mol. The summed E-state index contributed by atoms with van der Waals surface area (Å²) in [6.07, 6.45) is 1.08. The van der Waals surface area contributed by atoms with E-state index in [1.54, 1.807) is 14.1 Å². The van der Waals surface area contributed by atoms with Gasteiger partial charge in [0.25, 0.3) is 0 Å². The van der Waals surface area contributed by atoms with Crippen LogP contribution in [0.3, 0.4) is 0 Å².